The van der Waals surface area contributed by atoms with Crippen LogP contribution in [0.5, 0.6) is 11.5 Å². The van der Waals surface area contributed by atoms with E-state index in [-0.39, 0.29) is 23.1 Å². The largest absolute Gasteiger partial charge is 0.493 e. The van der Waals surface area contributed by atoms with E-state index in [2.05, 4.69) is 5.32 Å². The predicted octanol–water partition coefficient (Wildman–Crippen LogP) is 2.00. The molecule has 0 spiro atoms. The number of carboxylic acids is 1. The van der Waals surface area contributed by atoms with E-state index in [4.69, 9.17) is 14.6 Å². The van der Waals surface area contributed by atoms with Gasteiger partial charge in [-0.3, -0.25) is 4.79 Å². The zero-order valence-electron chi connectivity index (χ0n) is 11.3. The van der Waals surface area contributed by atoms with Crippen molar-refractivity contribution in [3.8, 4) is 11.5 Å². The highest BCUT2D eigenvalue weighted by Gasteiger charge is 2.18. The van der Waals surface area contributed by atoms with Crippen molar-refractivity contribution in [1.82, 2.24) is 0 Å². The maximum atomic E-state index is 11.7. The Morgan fingerprint density at radius 2 is 1.68 bits per heavy atom. The summed E-state index contributed by atoms with van der Waals surface area (Å²) in [5, 5.41) is 11.7. The molecule has 0 aliphatic heterocycles. The SMILES string of the molecule is COc1cc(NC(=O)C(C)C)c(C(=O)O)cc1OC. The van der Waals surface area contributed by atoms with Crippen molar-refractivity contribution in [2.75, 3.05) is 19.5 Å². The van der Waals surface area contributed by atoms with E-state index >= 15 is 0 Å². The van der Waals surface area contributed by atoms with Crippen LogP contribution in [0.2, 0.25) is 0 Å². The van der Waals surface area contributed by atoms with E-state index in [9.17, 15) is 9.59 Å². The summed E-state index contributed by atoms with van der Waals surface area (Å²) < 4.78 is 10.1. The second-order valence-corrected chi connectivity index (χ2v) is 4.20. The van der Waals surface area contributed by atoms with Crippen molar-refractivity contribution in [2.24, 2.45) is 5.92 Å². The minimum atomic E-state index is -1.15. The van der Waals surface area contributed by atoms with Gasteiger partial charge in [0.05, 0.1) is 25.5 Å². The van der Waals surface area contributed by atoms with Crippen LogP contribution in [0.1, 0.15) is 24.2 Å². The lowest BCUT2D eigenvalue weighted by Crippen LogP contribution is -2.19. The molecule has 0 saturated heterocycles. The van der Waals surface area contributed by atoms with Crippen molar-refractivity contribution in [1.29, 1.82) is 0 Å². The van der Waals surface area contributed by atoms with Crippen LogP contribution < -0.4 is 14.8 Å². The molecule has 0 fully saturated rings. The number of amides is 1. The molecule has 1 aromatic rings. The van der Waals surface area contributed by atoms with Crippen molar-refractivity contribution < 1.29 is 24.2 Å². The highest BCUT2D eigenvalue weighted by molar-refractivity contribution is 6.01. The predicted molar refractivity (Wildman–Crippen MR) is 70.0 cm³/mol. The molecule has 0 atom stereocenters. The quantitative estimate of drug-likeness (QED) is 0.852. The Hall–Kier alpha value is -2.24. The second kappa shape index (κ2) is 6.08. The van der Waals surface area contributed by atoms with Crippen LogP contribution in [0.15, 0.2) is 12.1 Å². The molecule has 1 aromatic carbocycles. The first-order valence-corrected chi connectivity index (χ1v) is 5.70. The van der Waals surface area contributed by atoms with Gasteiger partial charge in [0.15, 0.2) is 11.5 Å². The number of nitrogens with one attached hydrogen (secondary N) is 1. The number of methoxy groups -OCH3 is 2. The average molecular weight is 267 g/mol. The molecule has 2 N–H and O–H groups in total. The number of benzene rings is 1. The smallest absolute Gasteiger partial charge is 0.337 e. The number of carboxylic acid groups (broad SMARTS) is 1. The van der Waals surface area contributed by atoms with Gasteiger partial charge >= 0.3 is 5.97 Å². The van der Waals surface area contributed by atoms with Crippen molar-refractivity contribution in [3.05, 3.63) is 17.7 Å². The molecule has 19 heavy (non-hydrogen) atoms. The number of aromatic carboxylic acids is 1. The van der Waals surface area contributed by atoms with Gasteiger partial charge in [-0.25, -0.2) is 4.79 Å². The standard InChI is InChI=1S/C13H17NO5/c1-7(2)12(15)14-9-6-11(19-4)10(18-3)5-8(9)13(16)17/h5-7H,1-4H3,(H,14,15)(H,16,17). The summed E-state index contributed by atoms with van der Waals surface area (Å²) in [6, 6.07) is 2.75. The molecule has 0 aromatic heterocycles. The number of hydrogen-bond donors (Lipinski definition) is 2. The van der Waals surface area contributed by atoms with Gasteiger partial charge in [0, 0.05) is 18.1 Å². The molecule has 0 heterocycles. The van der Waals surface area contributed by atoms with Crippen molar-refractivity contribution >= 4 is 17.6 Å². The van der Waals surface area contributed by atoms with Crippen LogP contribution in [0.25, 0.3) is 0 Å². The first kappa shape index (κ1) is 14.8. The molecule has 0 bridgehead atoms. The van der Waals surface area contributed by atoms with Gasteiger partial charge in [0.1, 0.15) is 0 Å². The molecule has 1 amide bonds. The molecular formula is C13H17NO5. The number of carbonyl (C=O) groups excluding carboxylic acids is 1. The van der Waals surface area contributed by atoms with E-state index in [1.807, 2.05) is 0 Å². The minimum absolute atomic E-state index is 0.0494. The molecule has 6 nitrogen and oxygen atoms in total. The Bertz CT molecular complexity index is 496. The Balaban J connectivity index is 3.27. The topological polar surface area (TPSA) is 84.9 Å². The third-order valence-corrected chi connectivity index (χ3v) is 2.54. The summed E-state index contributed by atoms with van der Waals surface area (Å²) in [5.74, 6) is -1.03. The number of hydrogen-bond acceptors (Lipinski definition) is 4. The molecule has 0 radical (unpaired) electrons. The van der Waals surface area contributed by atoms with Gasteiger partial charge in [-0.2, -0.15) is 0 Å². The number of ether oxygens (including phenoxy) is 2. The zero-order chi connectivity index (χ0) is 14.6. The maximum Gasteiger partial charge on any atom is 0.337 e. The van der Waals surface area contributed by atoms with Crippen LogP contribution in [0.3, 0.4) is 0 Å². The molecule has 0 unspecified atom stereocenters. The average Bonchev–Trinajstić information content (AvgIpc) is 2.37. The lowest BCUT2D eigenvalue weighted by molar-refractivity contribution is -0.118. The normalized spacial score (nSPS) is 10.2. The third-order valence-electron chi connectivity index (χ3n) is 2.54. The third kappa shape index (κ3) is 3.37. The van der Waals surface area contributed by atoms with Gasteiger partial charge in [-0.1, -0.05) is 13.8 Å². The van der Waals surface area contributed by atoms with Crippen molar-refractivity contribution in [2.45, 2.75) is 13.8 Å². The summed E-state index contributed by atoms with van der Waals surface area (Å²) in [7, 11) is 2.85. The van der Waals surface area contributed by atoms with Crippen LogP contribution in [0.4, 0.5) is 5.69 Å². The van der Waals surface area contributed by atoms with Gasteiger partial charge in [-0.15, -0.1) is 0 Å². The van der Waals surface area contributed by atoms with E-state index in [0.29, 0.717) is 11.5 Å². The lowest BCUT2D eigenvalue weighted by Gasteiger charge is -2.14. The molecule has 0 saturated carbocycles. The highest BCUT2D eigenvalue weighted by Crippen LogP contribution is 2.33. The van der Waals surface area contributed by atoms with E-state index in [1.165, 1.54) is 26.4 Å². The van der Waals surface area contributed by atoms with Crippen LogP contribution in [0, 0.1) is 5.92 Å². The summed E-state index contributed by atoms with van der Waals surface area (Å²) in [4.78, 5) is 22.9. The van der Waals surface area contributed by atoms with Crippen molar-refractivity contribution in [3.63, 3.8) is 0 Å². The van der Waals surface area contributed by atoms with Gasteiger partial charge in [-0.05, 0) is 0 Å². The monoisotopic (exact) mass is 267 g/mol. The molecule has 6 heteroatoms. The number of rotatable bonds is 5. The Morgan fingerprint density at radius 3 is 2.11 bits per heavy atom. The van der Waals surface area contributed by atoms with Gasteiger partial charge in [0.2, 0.25) is 5.91 Å². The van der Waals surface area contributed by atoms with Crippen LogP contribution >= 0.6 is 0 Å². The van der Waals surface area contributed by atoms with E-state index < -0.39 is 5.97 Å². The Labute approximate surface area is 111 Å². The summed E-state index contributed by atoms with van der Waals surface area (Å²) in [6.45, 7) is 3.44. The Morgan fingerprint density at radius 1 is 1.16 bits per heavy atom. The molecule has 1 rings (SSSR count). The fourth-order valence-electron chi connectivity index (χ4n) is 1.44. The van der Waals surface area contributed by atoms with Gasteiger partial charge in [0.25, 0.3) is 0 Å². The molecule has 104 valence electrons. The van der Waals surface area contributed by atoms with Gasteiger partial charge < -0.3 is 19.9 Å². The van der Waals surface area contributed by atoms with Crippen LogP contribution in [-0.4, -0.2) is 31.2 Å². The molecule has 0 aliphatic rings. The second-order valence-electron chi connectivity index (χ2n) is 4.20. The lowest BCUT2D eigenvalue weighted by atomic mass is 10.1. The van der Waals surface area contributed by atoms with Crippen LogP contribution in [-0.2, 0) is 4.79 Å². The molecular weight excluding hydrogens is 250 g/mol. The summed E-state index contributed by atoms with van der Waals surface area (Å²) >= 11 is 0. The molecule has 0 aliphatic carbocycles. The van der Waals surface area contributed by atoms with E-state index in [0.717, 1.165) is 0 Å². The summed E-state index contributed by atoms with van der Waals surface area (Å²) in [5.41, 5.74) is 0.135. The number of anilines is 1. The van der Waals surface area contributed by atoms with E-state index in [1.54, 1.807) is 13.8 Å². The fraction of sp³-hybridized carbons (Fsp3) is 0.385. The first-order valence-electron chi connectivity index (χ1n) is 5.70. The maximum absolute atomic E-state index is 11.7. The zero-order valence-corrected chi connectivity index (χ0v) is 11.3. The summed E-state index contributed by atoms with van der Waals surface area (Å²) in [6.07, 6.45) is 0. The first-order chi connectivity index (χ1) is 8.90. The minimum Gasteiger partial charge on any atom is -0.493 e. The highest BCUT2D eigenvalue weighted by atomic mass is 16.5. The fourth-order valence-corrected chi connectivity index (χ4v) is 1.44. The Kier molecular flexibility index (Phi) is 4.74. The number of carbonyl (C=O) groups is 2.